The highest BCUT2D eigenvalue weighted by molar-refractivity contribution is 6.00. The monoisotopic (exact) mass is 519 g/mol. The van der Waals surface area contributed by atoms with Crippen LogP contribution in [-0.2, 0) is 11.3 Å². The lowest BCUT2D eigenvalue weighted by Gasteiger charge is -2.32. The van der Waals surface area contributed by atoms with Crippen molar-refractivity contribution in [3.8, 4) is 22.6 Å². The number of nitrogen functional groups attached to an aromatic ring is 1. The number of carbonyl (C=O) groups excluding carboxylic acids is 1. The van der Waals surface area contributed by atoms with Gasteiger partial charge in [0.25, 0.3) is 0 Å². The molecular weight excluding hydrogens is 490 g/mol. The number of aromatic nitrogens is 3. The number of ether oxygens (including phenoxy) is 2. The number of rotatable bonds is 6. The van der Waals surface area contributed by atoms with E-state index in [4.69, 9.17) is 20.2 Å². The molecule has 8 nitrogen and oxygen atoms in total. The summed E-state index contributed by atoms with van der Waals surface area (Å²) in [6.07, 6.45) is 1.49. The molecule has 3 heterocycles. The van der Waals surface area contributed by atoms with Crippen LogP contribution in [0.4, 0.5) is 10.6 Å². The number of anilines is 1. The van der Waals surface area contributed by atoms with E-state index in [-0.39, 0.29) is 18.6 Å². The normalized spacial score (nSPS) is 15.3. The van der Waals surface area contributed by atoms with E-state index in [1.54, 1.807) is 4.90 Å². The number of nitrogens with zero attached hydrogens (tertiary/aromatic N) is 3. The van der Waals surface area contributed by atoms with Gasteiger partial charge in [0.15, 0.2) is 5.65 Å². The van der Waals surface area contributed by atoms with Crippen LogP contribution in [0, 0.1) is 0 Å². The summed E-state index contributed by atoms with van der Waals surface area (Å²) in [4.78, 5) is 19.5. The Kier molecular flexibility index (Phi) is 6.82. The number of aromatic amines is 1. The molecule has 5 aromatic rings. The van der Waals surface area contributed by atoms with Crippen LogP contribution in [0.25, 0.3) is 22.2 Å². The van der Waals surface area contributed by atoms with E-state index in [9.17, 15) is 4.79 Å². The van der Waals surface area contributed by atoms with Crippen LogP contribution in [0.15, 0.2) is 91.0 Å². The van der Waals surface area contributed by atoms with Gasteiger partial charge in [0, 0.05) is 24.7 Å². The van der Waals surface area contributed by atoms with Gasteiger partial charge in [-0.2, -0.15) is 5.10 Å². The van der Waals surface area contributed by atoms with Crippen molar-refractivity contribution in [1.82, 2.24) is 20.1 Å². The fourth-order valence-corrected chi connectivity index (χ4v) is 5.03. The first-order chi connectivity index (χ1) is 19.1. The van der Waals surface area contributed by atoms with Gasteiger partial charge >= 0.3 is 6.09 Å². The molecule has 3 aromatic carbocycles. The van der Waals surface area contributed by atoms with Crippen LogP contribution in [0.3, 0.4) is 0 Å². The Morgan fingerprint density at radius 3 is 2.46 bits per heavy atom. The number of pyridine rings is 1. The first kappa shape index (κ1) is 24.5. The molecule has 39 heavy (non-hydrogen) atoms. The fourth-order valence-electron chi connectivity index (χ4n) is 5.03. The molecule has 1 aliphatic rings. The summed E-state index contributed by atoms with van der Waals surface area (Å²) in [7, 11) is 0. The van der Waals surface area contributed by atoms with E-state index < -0.39 is 0 Å². The number of hydrogen-bond donors (Lipinski definition) is 2. The lowest BCUT2D eigenvalue weighted by molar-refractivity contribution is 0.0856. The van der Waals surface area contributed by atoms with Gasteiger partial charge in [0.05, 0.1) is 5.39 Å². The van der Waals surface area contributed by atoms with Gasteiger partial charge in [-0.15, -0.1) is 0 Å². The maximum absolute atomic E-state index is 12.9. The van der Waals surface area contributed by atoms with Crippen LogP contribution < -0.4 is 10.5 Å². The molecule has 0 radical (unpaired) electrons. The van der Waals surface area contributed by atoms with Crippen LogP contribution in [0.5, 0.6) is 11.5 Å². The van der Waals surface area contributed by atoms with Crippen molar-refractivity contribution in [2.75, 3.05) is 18.8 Å². The van der Waals surface area contributed by atoms with Gasteiger partial charge in [0.2, 0.25) is 0 Å². The maximum atomic E-state index is 12.9. The Morgan fingerprint density at radius 1 is 0.974 bits per heavy atom. The maximum Gasteiger partial charge on any atom is 0.410 e. The van der Waals surface area contributed by atoms with Gasteiger partial charge in [-0.05, 0) is 59.9 Å². The van der Waals surface area contributed by atoms with E-state index in [0.29, 0.717) is 24.6 Å². The smallest absolute Gasteiger partial charge is 0.410 e. The molecule has 1 saturated heterocycles. The van der Waals surface area contributed by atoms with Crippen molar-refractivity contribution in [2.24, 2.45) is 0 Å². The summed E-state index contributed by atoms with van der Waals surface area (Å²) in [5.74, 6) is 2.05. The Hall–Kier alpha value is -4.85. The number of nitrogens with one attached hydrogen (secondary N) is 1. The average Bonchev–Trinajstić information content (AvgIpc) is 3.37. The van der Waals surface area contributed by atoms with Gasteiger partial charge in [-0.25, -0.2) is 9.78 Å². The quantitative estimate of drug-likeness (QED) is 0.265. The highest BCUT2D eigenvalue weighted by Gasteiger charge is 2.28. The molecule has 1 unspecified atom stereocenters. The van der Waals surface area contributed by atoms with E-state index in [1.807, 2.05) is 84.9 Å². The van der Waals surface area contributed by atoms with Crippen molar-refractivity contribution >= 4 is 22.9 Å². The number of amides is 1. The number of piperidine rings is 1. The number of carbonyl (C=O) groups is 1. The molecule has 6 rings (SSSR count). The number of nitrogens with two attached hydrogens (primary N) is 1. The minimum atomic E-state index is -0.303. The van der Waals surface area contributed by atoms with Crippen molar-refractivity contribution in [1.29, 1.82) is 0 Å². The van der Waals surface area contributed by atoms with Gasteiger partial charge in [-0.1, -0.05) is 60.7 Å². The lowest BCUT2D eigenvalue weighted by atomic mass is 9.92. The summed E-state index contributed by atoms with van der Waals surface area (Å²) in [6.45, 7) is 1.46. The van der Waals surface area contributed by atoms with Crippen molar-refractivity contribution in [3.05, 3.63) is 102 Å². The molecule has 0 saturated carbocycles. The lowest BCUT2D eigenvalue weighted by Crippen LogP contribution is -2.39. The Bertz CT molecular complexity index is 1570. The number of H-pyrrole nitrogens is 1. The number of benzene rings is 3. The molecule has 196 valence electrons. The minimum absolute atomic E-state index is 0.0600. The highest BCUT2D eigenvalue weighted by Crippen LogP contribution is 2.36. The van der Waals surface area contributed by atoms with Crippen molar-refractivity contribution in [2.45, 2.75) is 25.4 Å². The van der Waals surface area contributed by atoms with Crippen LogP contribution in [0.1, 0.15) is 30.0 Å². The second kappa shape index (κ2) is 10.9. The van der Waals surface area contributed by atoms with Crippen LogP contribution >= 0.6 is 0 Å². The molecule has 3 N–H and O–H groups in total. The zero-order chi connectivity index (χ0) is 26.6. The standard InChI is InChI=1S/C31H29N5O3/c32-29-28-26(22-13-15-25(16-14-22)39-24-11-5-2-6-12-24)18-27(33-30(28)35-34-29)23-10-7-17-36(19-23)31(37)38-20-21-8-3-1-4-9-21/h1-6,8-9,11-16,18,23H,7,10,17,19-20H2,(H3,32,33,34,35). The molecule has 1 aliphatic heterocycles. The van der Waals surface area contributed by atoms with E-state index >= 15 is 0 Å². The molecule has 1 atom stereocenters. The van der Waals surface area contributed by atoms with Crippen LogP contribution in [0.2, 0.25) is 0 Å². The van der Waals surface area contributed by atoms with Gasteiger partial charge < -0.3 is 20.1 Å². The molecule has 0 aliphatic carbocycles. The summed E-state index contributed by atoms with van der Waals surface area (Å²) in [5.41, 5.74) is 10.6. The fraction of sp³-hybridized carbons (Fsp3) is 0.194. The summed E-state index contributed by atoms with van der Waals surface area (Å²) >= 11 is 0. The number of hydrogen-bond acceptors (Lipinski definition) is 6. The summed E-state index contributed by atoms with van der Waals surface area (Å²) in [6, 6.07) is 29.4. The molecule has 1 fully saturated rings. The zero-order valence-corrected chi connectivity index (χ0v) is 21.4. The molecular formula is C31H29N5O3. The highest BCUT2D eigenvalue weighted by atomic mass is 16.6. The molecule has 0 bridgehead atoms. The third-order valence-electron chi connectivity index (χ3n) is 7.02. The van der Waals surface area contributed by atoms with Gasteiger partial charge in [-0.3, -0.25) is 5.10 Å². The first-order valence-electron chi connectivity index (χ1n) is 13.1. The number of fused-ring (bicyclic) bond motifs is 1. The van der Waals surface area contributed by atoms with Crippen molar-refractivity contribution in [3.63, 3.8) is 0 Å². The largest absolute Gasteiger partial charge is 0.457 e. The van der Waals surface area contributed by atoms with Crippen molar-refractivity contribution < 1.29 is 14.3 Å². The Morgan fingerprint density at radius 2 is 1.69 bits per heavy atom. The summed E-state index contributed by atoms with van der Waals surface area (Å²) < 4.78 is 11.6. The molecule has 0 spiro atoms. The number of para-hydroxylation sites is 1. The van der Waals surface area contributed by atoms with E-state index in [2.05, 4.69) is 16.3 Å². The van der Waals surface area contributed by atoms with Crippen LogP contribution in [-0.4, -0.2) is 39.3 Å². The summed E-state index contributed by atoms with van der Waals surface area (Å²) in [5, 5.41) is 8.02. The minimum Gasteiger partial charge on any atom is -0.457 e. The van der Waals surface area contributed by atoms with E-state index in [0.717, 1.165) is 52.1 Å². The third kappa shape index (κ3) is 5.40. The SMILES string of the molecule is Nc1[nH]nc2nc(C3CCCN(C(=O)OCc4ccccc4)C3)cc(-c3ccc(Oc4ccccc4)cc3)c12. The second-order valence-electron chi connectivity index (χ2n) is 9.70. The van der Waals surface area contributed by atoms with E-state index in [1.165, 1.54) is 0 Å². The Balaban J connectivity index is 1.23. The topological polar surface area (TPSA) is 106 Å². The number of likely N-dealkylation sites (tertiary alicyclic amines) is 1. The predicted octanol–water partition coefficient (Wildman–Crippen LogP) is 6.52. The zero-order valence-electron chi connectivity index (χ0n) is 21.4. The predicted molar refractivity (Wildman–Crippen MR) is 150 cm³/mol. The average molecular weight is 520 g/mol. The molecule has 1 amide bonds. The molecule has 2 aromatic heterocycles. The third-order valence-corrected chi connectivity index (χ3v) is 7.02. The molecule has 8 heteroatoms. The first-order valence-corrected chi connectivity index (χ1v) is 13.1. The Labute approximate surface area is 226 Å². The van der Waals surface area contributed by atoms with Gasteiger partial charge in [0.1, 0.15) is 23.9 Å². The second-order valence-corrected chi connectivity index (χ2v) is 9.70.